The highest BCUT2D eigenvalue weighted by molar-refractivity contribution is 6.00. The first kappa shape index (κ1) is 11.1. The second-order valence-electron chi connectivity index (χ2n) is 4.57. The molecule has 2 amide bonds. The van der Waals surface area contributed by atoms with E-state index in [0.717, 1.165) is 18.5 Å². The second kappa shape index (κ2) is 4.33. The van der Waals surface area contributed by atoms with Gasteiger partial charge in [-0.05, 0) is 25.0 Å². The molecular formula is C13H14N2O3. The minimum Gasteiger partial charge on any atom is -0.447 e. The van der Waals surface area contributed by atoms with E-state index < -0.39 is 12.1 Å². The molecule has 2 aliphatic rings. The van der Waals surface area contributed by atoms with E-state index in [1.165, 1.54) is 0 Å². The molecule has 5 heteroatoms. The van der Waals surface area contributed by atoms with Gasteiger partial charge in [-0.2, -0.15) is 0 Å². The smallest absolute Gasteiger partial charge is 0.407 e. The van der Waals surface area contributed by atoms with Crippen LogP contribution in [0.1, 0.15) is 12.8 Å². The Balaban J connectivity index is 1.82. The van der Waals surface area contributed by atoms with Crippen LogP contribution >= 0.6 is 0 Å². The Kier molecular flexibility index (Phi) is 2.66. The number of hydrogen-bond acceptors (Lipinski definition) is 3. The number of amides is 2. The van der Waals surface area contributed by atoms with Crippen molar-refractivity contribution in [3.05, 3.63) is 30.3 Å². The molecule has 0 aromatic heterocycles. The molecule has 1 saturated heterocycles. The molecule has 2 fully saturated rings. The van der Waals surface area contributed by atoms with Crippen molar-refractivity contribution >= 4 is 17.7 Å². The van der Waals surface area contributed by atoms with Gasteiger partial charge >= 0.3 is 6.09 Å². The van der Waals surface area contributed by atoms with Gasteiger partial charge in [0.2, 0.25) is 0 Å². The lowest BCUT2D eigenvalue weighted by Gasteiger charge is -2.24. The third kappa shape index (κ3) is 2.03. The zero-order chi connectivity index (χ0) is 12.5. The topological polar surface area (TPSA) is 58.6 Å². The molecule has 3 rings (SSSR count). The fourth-order valence-electron chi connectivity index (χ4n) is 2.12. The predicted molar refractivity (Wildman–Crippen MR) is 65.2 cm³/mol. The van der Waals surface area contributed by atoms with Gasteiger partial charge in [-0.1, -0.05) is 18.2 Å². The molecule has 1 atom stereocenters. The van der Waals surface area contributed by atoms with Crippen LogP contribution in [0.5, 0.6) is 0 Å². The Morgan fingerprint density at radius 1 is 1.28 bits per heavy atom. The van der Waals surface area contributed by atoms with E-state index in [9.17, 15) is 9.59 Å². The molecule has 0 bridgehead atoms. The summed E-state index contributed by atoms with van der Waals surface area (Å²) in [6.45, 7) is 0.119. The van der Waals surface area contributed by atoms with E-state index in [1.54, 1.807) is 4.90 Å². The summed E-state index contributed by atoms with van der Waals surface area (Å²) in [7, 11) is 0. The number of rotatable bonds is 3. The summed E-state index contributed by atoms with van der Waals surface area (Å²) in [5, 5.41) is 2.53. The number of nitrogens with one attached hydrogen (secondary N) is 1. The highest BCUT2D eigenvalue weighted by Gasteiger charge is 2.39. The molecule has 0 spiro atoms. The molecule has 1 N–H and O–H groups in total. The average molecular weight is 246 g/mol. The van der Waals surface area contributed by atoms with Crippen molar-refractivity contribution in [2.75, 3.05) is 11.5 Å². The van der Waals surface area contributed by atoms with E-state index in [0.29, 0.717) is 0 Å². The summed E-state index contributed by atoms with van der Waals surface area (Å²) in [6, 6.07) is 9.25. The summed E-state index contributed by atoms with van der Waals surface area (Å²) < 4.78 is 4.78. The zero-order valence-electron chi connectivity index (χ0n) is 9.83. The number of benzene rings is 1. The van der Waals surface area contributed by atoms with Crippen LogP contribution in [-0.4, -0.2) is 30.7 Å². The van der Waals surface area contributed by atoms with Gasteiger partial charge < -0.3 is 15.0 Å². The number of alkyl carbamates (subject to hydrolysis) is 1. The first-order chi connectivity index (χ1) is 8.75. The number of carbonyl (C=O) groups is 2. The van der Waals surface area contributed by atoms with E-state index >= 15 is 0 Å². The van der Waals surface area contributed by atoms with E-state index in [2.05, 4.69) is 5.32 Å². The minimum atomic E-state index is -0.557. The number of carbonyl (C=O) groups excluding carboxylic acids is 2. The van der Waals surface area contributed by atoms with Gasteiger partial charge in [-0.25, -0.2) is 4.79 Å². The Morgan fingerprint density at radius 3 is 2.56 bits per heavy atom. The lowest BCUT2D eigenvalue weighted by molar-refractivity contribution is -0.120. The maximum atomic E-state index is 12.4. The standard InChI is InChI=1S/C13H14N2O3/c16-12(11-8-18-13(17)14-11)15(10-6-7-10)9-4-2-1-3-5-9/h1-5,10-11H,6-8H2,(H,14,17)/t11-/m0/s1. The van der Waals surface area contributed by atoms with Crippen LogP contribution in [0.15, 0.2) is 30.3 Å². The molecule has 1 aromatic rings. The number of anilines is 1. The van der Waals surface area contributed by atoms with E-state index in [4.69, 9.17) is 4.74 Å². The molecule has 1 heterocycles. The average Bonchev–Trinajstić information content (AvgIpc) is 3.12. The largest absolute Gasteiger partial charge is 0.447 e. The van der Waals surface area contributed by atoms with Crippen molar-refractivity contribution < 1.29 is 14.3 Å². The van der Waals surface area contributed by atoms with Crippen LogP contribution < -0.4 is 10.2 Å². The van der Waals surface area contributed by atoms with Crippen molar-refractivity contribution in [1.82, 2.24) is 5.32 Å². The molecule has 18 heavy (non-hydrogen) atoms. The summed E-state index contributed by atoms with van der Waals surface area (Å²) in [5.74, 6) is -0.0884. The van der Waals surface area contributed by atoms with Gasteiger partial charge in [0.25, 0.3) is 5.91 Å². The summed E-state index contributed by atoms with van der Waals surface area (Å²) in [5.41, 5.74) is 0.881. The number of nitrogens with zero attached hydrogens (tertiary/aromatic N) is 1. The van der Waals surface area contributed by atoms with Crippen LogP contribution in [0, 0.1) is 0 Å². The monoisotopic (exact) mass is 246 g/mol. The maximum absolute atomic E-state index is 12.4. The van der Waals surface area contributed by atoms with Crippen molar-refractivity contribution in [1.29, 1.82) is 0 Å². The maximum Gasteiger partial charge on any atom is 0.407 e. The van der Waals surface area contributed by atoms with Gasteiger partial charge in [0.05, 0.1) is 0 Å². The third-order valence-electron chi connectivity index (χ3n) is 3.16. The van der Waals surface area contributed by atoms with Gasteiger partial charge in [-0.15, -0.1) is 0 Å². The number of hydrogen-bond donors (Lipinski definition) is 1. The summed E-state index contributed by atoms with van der Waals surface area (Å²) in [4.78, 5) is 25.2. The second-order valence-corrected chi connectivity index (χ2v) is 4.57. The Morgan fingerprint density at radius 2 is 2.00 bits per heavy atom. The van der Waals surface area contributed by atoms with Crippen LogP contribution in [0.25, 0.3) is 0 Å². The molecule has 0 unspecified atom stereocenters. The quantitative estimate of drug-likeness (QED) is 0.874. The number of cyclic esters (lactones) is 1. The summed E-state index contributed by atoms with van der Waals surface area (Å²) in [6.07, 6.45) is 1.52. The predicted octanol–water partition coefficient (Wildman–Crippen LogP) is 1.29. The molecule has 1 aliphatic carbocycles. The van der Waals surface area contributed by atoms with E-state index in [-0.39, 0.29) is 18.6 Å². The SMILES string of the molecule is O=C1N[C@H](C(=O)N(c2ccccc2)C2CC2)CO1. The molecule has 5 nitrogen and oxygen atoms in total. The third-order valence-corrected chi connectivity index (χ3v) is 3.16. The number of ether oxygens (including phenoxy) is 1. The van der Waals surface area contributed by atoms with Crippen LogP contribution in [0.4, 0.5) is 10.5 Å². The molecule has 1 aliphatic heterocycles. The molecule has 0 radical (unpaired) electrons. The van der Waals surface area contributed by atoms with Crippen molar-refractivity contribution in [3.63, 3.8) is 0 Å². The summed E-state index contributed by atoms with van der Waals surface area (Å²) >= 11 is 0. The fraction of sp³-hybridized carbons (Fsp3) is 0.385. The normalized spacial score (nSPS) is 22.2. The van der Waals surface area contributed by atoms with Gasteiger partial charge in [0.1, 0.15) is 12.6 Å². The lowest BCUT2D eigenvalue weighted by Crippen LogP contribution is -2.46. The molecule has 1 saturated carbocycles. The van der Waals surface area contributed by atoms with Crippen LogP contribution in [0.3, 0.4) is 0 Å². The van der Waals surface area contributed by atoms with Crippen LogP contribution in [-0.2, 0) is 9.53 Å². The fourth-order valence-corrected chi connectivity index (χ4v) is 2.12. The lowest BCUT2D eigenvalue weighted by atomic mass is 10.2. The van der Waals surface area contributed by atoms with E-state index in [1.807, 2.05) is 30.3 Å². The molecule has 1 aromatic carbocycles. The van der Waals surface area contributed by atoms with Crippen LogP contribution in [0.2, 0.25) is 0 Å². The Bertz CT molecular complexity index is 470. The van der Waals surface area contributed by atoms with Crippen molar-refractivity contribution in [2.24, 2.45) is 0 Å². The first-order valence-corrected chi connectivity index (χ1v) is 6.07. The minimum absolute atomic E-state index is 0.0884. The highest BCUT2D eigenvalue weighted by atomic mass is 16.6. The number of para-hydroxylation sites is 1. The first-order valence-electron chi connectivity index (χ1n) is 6.07. The highest BCUT2D eigenvalue weighted by Crippen LogP contribution is 2.32. The molecular weight excluding hydrogens is 232 g/mol. The Hall–Kier alpha value is -2.04. The van der Waals surface area contributed by atoms with Gasteiger partial charge in [0, 0.05) is 11.7 Å². The van der Waals surface area contributed by atoms with Gasteiger partial charge in [-0.3, -0.25) is 4.79 Å². The van der Waals surface area contributed by atoms with Crippen molar-refractivity contribution in [3.8, 4) is 0 Å². The molecule has 94 valence electrons. The van der Waals surface area contributed by atoms with Crippen molar-refractivity contribution in [2.45, 2.75) is 24.9 Å². The van der Waals surface area contributed by atoms with Gasteiger partial charge in [0.15, 0.2) is 0 Å². The zero-order valence-corrected chi connectivity index (χ0v) is 9.83. The Labute approximate surface area is 105 Å².